The Hall–Kier alpha value is -2.79. The summed E-state index contributed by atoms with van der Waals surface area (Å²) in [5.41, 5.74) is 21.3. The molecule has 0 saturated carbocycles. The maximum atomic E-state index is 11.2. The number of hydrogen-bond donors (Lipinski definition) is 6. The molecule has 0 saturated heterocycles. The predicted molar refractivity (Wildman–Crippen MR) is 79.9 cm³/mol. The monoisotopic (exact) mass is 325 g/mol. The molecule has 0 aliphatic carbocycles. The summed E-state index contributed by atoms with van der Waals surface area (Å²) in [6.45, 7) is 1.38. The minimum atomic E-state index is -1.29. The van der Waals surface area contributed by atoms with Gasteiger partial charge in [0.15, 0.2) is 5.69 Å². The van der Waals surface area contributed by atoms with Crippen molar-refractivity contribution < 1.29 is 19.5 Å². The zero-order valence-electron chi connectivity index (χ0n) is 12.4. The summed E-state index contributed by atoms with van der Waals surface area (Å²) < 4.78 is 0. The van der Waals surface area contributed by atoms with Gasteiger partial charge >= 0.3 is 5.97 Å². The van der Waals surface area contributed by atoms with Crippen LogP contribution in [0.4, 0.5) is 5.82 Å². The number of rotatable bonds is 8. The second kappa shape index (κ2) is 7.47. The van der Waals surface area contributed by atoms with E-state index in [1.165, 1.54) is 6.92 Å². The van der Waals surface area contributed by atoms with Gasteiger partial charge in [0, 0.05) is 18.5 Å². The molecule has 0 spiro atoms. The van der Waals surface area contributed by atoms with E-state index in [1.807, 2.05) is 0 Å². The largest absolute Gasteiger partial charge is 0.476 e. The Morgan fingerprint density at radius 1 is 1.26 bits per heavy atom. The first-order valence-electron chi connectivity index (χ1n) is 6.57. The zero-order valence-corrected chi connectivity index (χ0v) is 12.4. The van der Waals surface area contributed by atoms with E-state index < -0.39 is 29.9 Å². The summed E-state index contributed by atoms with van der Waals surface area (Å²) in [5.74, 6) is -2.80. The standard InChI is InChI=1S/C12H19N7O4/c1-4-8(12(22)23)18-11(19-9(4)15)6(2-7(14)20)17-3-5(13)10(16)21/h5-6,17H,2-3,13H2,1H3,(H2,14,20)(H2,16,21)(H,22,23)(H2,15,18,19)/t5-,6-/m0/s1. The van der Waals surface area contributed by atoms with E-state index in [-0.39, 0.29) is 35.9 Å². The quantitative estimate of drug-likeness (QED) is 0.294. The lowest BCUT2D eigenvalue weighted by Crippen LogP contribution is -2.45. The van der Waals surface area contributed by atoms with Crippen LogP contribution in [0.25, 0.3) is 0 Å². The number of carbonyl (C=O) groups excluding carboxylic acids is 2. The number of primary amides is 2. The number of amides is 2. The number of carboxylic acids is 1. The molecule has 2 atom stereocenters. The Morgan fingerprint density at radius 2 is 1.87 bits per heavy atom. The number of carbonyl (C=O) groups is 3. The van der Waals surface area contributed by atoms with E-state index >= 15 is 0 Å². The van der Waals surface area contributed by atoms with Crippen LogP contribution < -0.4 is 28.3 Å². The number of aromatic carboxylic acids is 1. The van der Waals surface area contributed by atoms with Crippen LogP contribution in [0.2, 0.25) is 0 Å². The SMILES string of the molecule is Cc1c(N)nc([C@H](CC(N)=O)NC[C@H](N)C(N)=O)nc1C(=O)O. The third-order valence-corrected chi connectivity index (χ3v) is 3.07. The minimum absolute atomic E-state index is 0.0390. The highest BCUT2D eigenvalue weighted by Crippen LogP contribution is 2.18. The third-order valence-electron chi connectivity index (χ3n) is 3.07. The average molecular weight is 325 g/mol. The molecule has 0 radical (unpaired) electrons. The van der Waals surface area contributed by atoms with Crippen molar-refractivity contribution >= 4 is 23.6 Å². The molecular weight excluding hydrogens is 306 g/mol. The number of hydrogen-bond acceptors (Lipinski definition) is 8. The average Bonchev–Trinajstić information content (AvgIpc) is 2.44. The molecule has 0 bridgehead atoms. The van der Waals surface area contributed by atoms with Crippen molar-refractivity contribution in [1.82, 2.24) is 15.3 Å². The van der Waals surface area contributed by atoms with Gasteiger partial charge in [0.1, 0.15) is 11.6 Å². The van der Waals surface area contributed by atoms with Gasteiger partial charge in [-0.2, -0.15) is 0 Å². The van der Waals surface area contributed by atoms with Crippen molar-refractivity contribution in [2.75, 3.05) is 12.3 Å². The van der Waals surface area contributed by atoms with E-state index in [0.29, 0.717) is 0 Å². The van der Waals surface area contributed by atoms with E-state index in [1.54, 1.807) is 0 Å². The van der Waals surface area contributed by atoms with Crippen LogP contribution in [-0.2, 0) is 9.59 Å². The molecule has 1 aromatic rings. The molecule has 11 heteroatoms. The van der Waals surface area contributed by atoms with E-state index in [2.05, 4.69) is 15.3 Å². The number of nitrogen functional groups attached to an aromatic ring is 1. The fourth-order valence-corrected chi connectivity index (χ4v) is 1.74. The summed E-state index contributed by atoms with van der Waals surface area (Å²) >= 11 is 0. The van der Waals surface area contributed by atoms with Crippen LogP contribution in [0.5, 0.6) is 0 Å². The summed E-state index contributed by atoms with van der Waals surface area (Å²) in [6, 6.07) is -1.87. The first kappa shape index (κ1) is 18.3. The van der Waals surface area contributed by atoms with Gasteiger partial charge in [-0.25, -0.2) is 14.8 Å². The van der Waals surface area contributed by atoms with Crippen molar-refractivity contribution in [3.05, 3.63) is 17.1 Å². The van der Waals surface area contributed by atoms with Crippen molar-refractivity contribution in [2.45, 2.75) is 25.4 Å². The molecule has 0 unspecified atom stereocenters. The fourth-order valence-electron chi connectivity index (χ4n) is 1.74. The molecule has 0 aliphatic rings. The number of anilines is 1. The van der Waals surface area contributed by atoms with Crippen molar-refractivity contribution in [3.63, 3.8) is 0 Å². The molecule has 2 amide bonds. The molecule has 10 N–H and O–H groups in total. The lowest BCUT2D eigenvalue weighted by molar-refractivity contribution is -0.119. The Balaban J connectivity index is 3.14. The Morgan fingerprint density at radius 3 is 2.35 bits per heavy atom. The third kappa shape index (κ3) is 4.86. The highest BCUT2D eigenvalue weighted by Gasteiger charge is 2.23. The van der Waals surface area contributed by atoms with Crippen LogP contribution in [0.1, 0.15) is 34.3 Å². The molecule has 11 nitrogen and oxygen atoms in total. The van der Waals surface area contributed by atoms with E-state index in [9.17, 15) is 14.4 Å². The van der Waals surface area contributed by atoms with Gasteiger partial charge < -0.3 is 33.4 Å². The molecule has 0 aliphatic heterocycles. The number of nitrogens with zero attached hydrogens (tertiary/aromatic N) is 2. The van der Waals surface area contributed by atoms with Gasteiger partial charge in [-0.05, 0) is 6.92 Å². The minimum Gasteiger partial charge on any atom is -0.476 e. The van der Waals surface area contributed by atoms with Gasteiger partial charge in [0.05, 0.1) is 12.1 Å². The first-order chi connectivity index (χ1) is 10.6. The molecule has 1 aromatic heterocycles. The molecule has 0 aromatic carbocycles. The van der Waals surface area contributed by atoms with E-state index in [0.717, 1.165) is 0 Å². The smallest absolute Gasteiger partial charge is 0.354 e. The van der Waals surface area contributed by atoms with Crippen LogP contribution in [0.15, 0.2) is 0 Å². The van der Waals surface area contributed by atoms with Crippen LogP contribution in [-0.4, -0.2) is 45.4 Å². The Bertz CT molecular complexity index is 634. The number of nitrogens with two attached hydrogens (primary N) is 4. The molecule has 1 rings (SSSR count). The van der Waals surface area contributed by atoms with Gasteiger partial charge in [-0.15, -0.1) is 0 Å². The van der Waals surface area contributed by atoms with Crippen LogP contribution in [0, 0.1) is 6.92 Å². The number of carboxylic acid groups (broad SMARTS) is 1. The lowest BCUT2D eigenvalue weighted by atomic mass is 10.1. The zero-order chi connectivity index (χ0) is 17.7. The molecule has 23 heavy (non-hydrogen) atoms. The van der Waals surface area contributed by atoms with Gasteiger partial charge in [0.2, 0.25) is 11.8 Å². The van der Waals surface area contributed by atoms with Crippen LogP contribution in [0.3, 0.4) is 0 Å². The number of aromatic nitrogens is 2. The Kier molecular flexibility index (Phi) is 5.93. The van der Waals surface area contributed by atoms with E-state index in [4.69, 9.17) is 28.0 Å². The molecule has 1 heterocycles. The number of nitrogens with one attached hydrogen (secondary N) is 1. The highest BCUT2D eigenvalue weighted by molar-refractivity contribution is 5.88. The second-order valence-electron chi connectivity index (χ2n) is 4.89. The van der Waals surface area contributed by atoms with Gasteiger partial charge in [-0.1, -0.05) is 0 Å². The summed E-state index contributed by atoms with van der Waals surface area (Å²) in [7, 11) is 0. The normalized spacial score (nSPS) is 13.3. The van der Waals surface area contributed by atoms with Crippen molar-refractivity contribution in [2.24, 2.45) is 17.2 Å². The lowest BCUT2D eigenvalue weighted by Gasteiger charge is -2.19. The predicted octanol–water partition coefficient (Wildman–Crippen LogP) is -2.62. The maximum absolute atomic E-state index is 11.2. The Labute approximate surface area is 131 Å². The van der Waals surface area contributed by atoms with Crippen LogP contribution >= 0.6 is 0 Å². The molecular formula is C12H19N7O4. The fraction of sp³-hybridized carbons (Fsp3) is 0.417. The molecule has 0 fully saturated rings. The molecule has 126 valence electrons. The summed E-state index contributed by atoms with van der Waals surface area (Å²) in [4.78, 5) is 41.2. The van der Waals surface area contributed by atoms with Gasteiger partial charge in [0.25, 0.3) is 0 Å². The van der Waals surface area contributed by atoms with Gasteiger partial charge in [-0.3, -0.25) is 9.59 Å². The maximum Gasteiger partial charge on any atom is 0.354 e. The second-order valence-corrected chi connectivity index (χ2v) is 4.89. The summed E-state index contributed by atoms with van der Waals surface area (Å²) in [6.07, 6.45) is -0.243. The van der Waals surface area contributed by atoms with Crippen molar-refractivity contribution in [1.29, 1.82) is 0 Å². The topological polar surface area (TPSA) is 213 Å². The first-order valence-corrected chi connectivity index (χ1v) is 6.57. The highest BCUT2D eigenvalue weighted by atomic mass is 16.4. The van der Waals surface area contributed by atoms with Crippen molar-refractivity contribution in [3.8, 4) is 0 Å². The summed E-state index contributed by atoms with van der Waals surface area (Å²) in [5, 5.41) is 11.9.